The monoisotopic (exact) mass is 305 g/mol. The molecule has 0 aromatic heterocycles. The molecule has 0 unspecified atom stereocenters. The summed E-state index contributed by atoms with van der Waals surface area (Å²) in [6, 6.07) is 5.25. The predicted octanol–water partition coefficient (Wildman–Crippen LogP) is 1.58. The van der Waals surface area contributed by atoms with Crippen molar-refractivity contribution in [3.05, 3.63) is 39.9 Å². The van der Waals surface area contributed by atoms with Crippen molar-refractivity contribution in [2.24, 2.45) is 5.92 Å². The van der Waals surface area contributed by atoms with Gasteiger partial charge >= 0.3 is 0 Å². The Balaban J connectivity index is 2.34. The zero-order chi connectivity index (χ0) is 16.3. The Morgan fingerprint density at radius 2 is 2.14 bits per heavy atom. The van der Waals surface area contributed by atoms with Crippen LogP contribution in [0.2, 0.25) is 0 Å². The van der Waals surface area contributed by atoms with Crippen molar-refractivity contribution in [1.29, 1.82) is 0 Å². The lowest BCUT2D eigenvalue weighted by Gasteiger charge is -2.35. The van der Waals surface area contributed by atoms with Crippen molar-refractivity contribution in [2.75, 3.05) is 13.1 Å². The molecule has 1 aromatic carbocycles. The van der Waals surface area contributed by atoms with Gasteiger partial charge < -0.3 is 10.2 Å². The van der Waals surface area contributed by atoms with Gasteiger partial charge in [0.1, 0.15) is 11.6 Å². The van der Waals surface area contributed by atoms with E-state index in [1.165, 1.54) is 23.1 Å². The van der Waals surface area contributed by atoms with Gasteiger partial charge in [0.15, 0.2) is 0 Å². The third-order valence-corrected chi connectivity index (χ3v) is 3.62. The zero-order valence-corrected chi connectivity index (χ0v) is 12.6. The summed E-state index contributed by atoms with van der Waals surface area (Å²) in [7, 11) is 0. The van der Waals surface area contributed by atoms with Crippen LogP contribution < -0.4 is 5.32 Å². The first kappa shape index (κ1) is 15.9. The number of carbonyl (C=O) groups excluding carboxylic acids is 2. The van der Waals surface area contributed by atoms with Crippen molar-refractivity contribution in [3.63, 3.8) is 0 Å². The summed E-state index contributed by atoms with van der Waals surface area (Å²) in [5, 5.41) is 13.8. The summed E-state index contributed by atoms with van der Waals surface area (Å²) >= 11 is 0. The number of benzene rings is 1. The summed E-state index contributed by atoms with van der Waals surface area (Å²) in [6.45, 7) is 4.65. The molecule has 7 nitrogen and oxygen atoms in total. The molecule has 1 aromatic rings. The van der Waals surface area contributed by atoms with Gasteiger partial charge in [0, 0.05) is 19.2 Å². The Bertz CT molecular complexity index is 600. The van der Waals surface area contributed by atoms with Gasteiger partial charge in [-0.1, -0.05) is 26.0 Å². The van der Waals surface area contributed by atoms with E-state index in [2.05, 4.69) is 5.32 Å². The van der Waals surface area contributed by atoms with E-state index in [1.807, 2.05) is 13.8 Å². The molecule has 7 heteroatoms. The van der Waals surface area contributed by atoms with Crippen LogP contribution in [0.3, 0.4) is 0 Å². The smallest absolute Gasteiger partial charge is 0.282 e. The fourth-order valence-corrected chi connectivity index (χ4v) is 2.61. The summed E-state index contributed by atoms with van der Waals surface area (Å²) in [5.41, 5.74) is -0.210. The van der Waals surface area contributed by atoms with E-state index in [-0.39, 0.29) is 23.1 Å². The van der Waals surface area contributed by atoms with Crippen molar-refractivity contribution < 1.29 is 14.5 Å². The number of piperazine rings is 1. The lowest BCUT2D eigenvalue weighted by atomic mass is 9.99. The van der Waals surface area contributed by atoms with Crippen LogP contribution in [-0.4, -0.2) is 40.8 Å². The number of hydrogen-bond acceptors (Lipinski definition) is 4. The first-order valence-corrected chi connectivity index (χ1v) is 7.24. The molecule has 1 aliphatic rings. The first-order valence-electron chi connectivity index (χ1n) is 7.24. The first-order chi connectivity index (χ1) is 10.4. The topological polar surface area (TPSA) is 92.6 Å². The molecule has 1 heterocycles. The maximum absolute atomic E-state index is 12.7. The second-order valence-corrected chi connectivity index (χ2v) is 5.71. The number of hydrogen-bond donors (Lipinski definition) is 1. The van der Waals surface area contributed by atoms with Crippen LogP contribution in [0.25, 0.3) is 0 Å². The zero-order valence-electron chi connectivity index (χ0n) is 12.6. The molecule has 1 N–H and O–H groups in total. The number of carbonyl (C=O) groups is 2. The molecule has 0 spiro atoms. The summed E-state index contributed by atoms with van der Waals surface area (Å²) in [6.07, 6.45) is 0.526. The molecule has 1 aliphatic heterocycles. The fraction of sp³-hybridized carbons (Fsp3) is 0.467. The van der Waals surface area contributed by atoms with Crippen LogP contribution in [0.5, 0.6) is 0 Å². The highest BCUT2D eigenvalue weighted by Crippen LogP contribution is 2.23. The van der Waals surface area contributed by atoms with E-state index in [0.29, 0.717) is 19.5 Å². The molecule has 0 saturated carbocycles. The maximum Gasteiger partial charge on any atom is 0.282 e. The second-order valence-electron chi connectivity index (χ2n) is 5.71. The van der Waals surface area contributed by atoms with Gasteiger partial charge in [-0.2, -0.15) is 0 Å². The normalized spacial score (nSPS) is 18.2. The molecule has 0 aliphatic carbocycles. The lowest BCUT2D eigenvalue weighted by molar-refractivity contribution is -0.385. The number of para-hydroxylation sites is 1. The van der Waals surface area contributed by atoms with Gasteiger partial charge in [0.05, 0.1) is 4.92 Å². The van der Waals surface area contributed by atoms with E-state index in [4.69, 9.17) is 0 Å². The SMILES string of the molecule is CC(C)C[C@H]1C(=O)NCCN1C(=O)c1ccccc1[N+](=O)[O-]. The molecule has 1 atom stereocenters. The van der Waals surface area contributed by atoms with Gasteiger partial charge in [-0.25, -0.2) is 0 Å². The Hall–Kier alpha value is -2.44. The van der Waals surface area contributed by atoms with E-state index in [9.17, 15) is 19.7 Å². The van der Waals surface area contributed by atoms with Crippen LogP contribution in [0.4, 0.5) is 5.69 Å². The minimum absolute atomic E-state index is 0.0240. The number of nitro benzene ring substituents is 1. The number of rotatable bonds is 4. The van der Waals surface area contributed by atoms with Crippen molar-refractivity contribution in [1.82, 2.24) is 10.2 Å². The van der Waals surface area contributed by atoms with Gasteiger partial charge in [0.25, 0.3) is 11.6 Å². The summed E-state index contributed by atoms with van der Waals surface area (Å²) in [5.74, 6) is -0.436. The standard InChI is InChI=1S/C15H19N3O4/c1-10(2)9-13-14(19)16-7-8-17(13)15(20)11-5-3-4-6-12(11)18(21)22/h3-6,10,13H,7-9H2,1-2H3,(H,16,19)/t13-/m0/s1. The molecule has 1 fully saturated rings. The largest absolute Gasteiger partial charge is 0.353 e. The Morgan fingerprint density at radius 3 is 2.77 bits per heavy atom. The molecule has 0 bridgehead atoms. The predicted molar refractivity (Wildman–Crippen MR) is 80.4 cm³/mol. The molecule has 0 radical (unpaired) electrons. The third-order valence-electron chi connectivity index (χ3n) is 3.62. The summed E-state index contributed by atoms with van der Waals surface area (Å²) in [4.78, 5) is 36.7. The molecule has 22 heavy (non-hydrogen) atoms. The summed E-state index contributed by atoms with van der Waals surface area (Å²) < 4.78 is 0. The van der Waals surface area contributed by atoms with E-state index in [0.717, 1.165) is 0 Å². The highest BCUT2D eigenvalue weighted by atomic mass is 16.6. The second kappa shape index (κ2) is 6.55. The Labute approximate surface area is 128 Å². The van der Waals surface area contributed by atoms with E-state index < -0.39 is 16.9 Å². The van der Waals surface area contributed by atoms with Crippen molar-refractivity contribution in [3.8, 4) is 0 Å². The number of nitrogens with one attached hydrogen (secondary N) is 1. The molecular formula is C15H19N3O4. The molecule has 2 amide bonds. The van der Waals surface area contributed by atoms with Crippen LogP contribution in [0, 0.1) is 16.0 Å². The highest BCUT2D eigenvalue weighted by molar-refractivity contribution is 6.01. The van der Waals surface area contributed by atoms with Crippen LogP contribution >= 0.6 is 0 Å². The molecule has 1 saturated heterocycles. The minimum atomic E-state index is -0.582. The molecular weight excluding hydrogens is 286 g/mol. The van der Waals surface area contributed by atoms with Crippen LogP contribution in [0.1, 0.15) is 30.6 Å². The van der Waals surface area contributed by atoms with Gasteiger partial charge in [0.2, 0.25) is 5.91 Å². The average molecular weight is 305 g/mol. The van der Waals surface area contributed by atoms with Gasteiger partial charge in [-0.15, -0.1) is 0 Å². The lowest BCUT2D eigenvalue weighted by Crippen LogP contribution is -2.57. The molecule has 2 rings (SSSR count). The van der Waals surface area contributed by atoms with Gasteiger partial charge in [-0.3, -0.25) is 19.7 Å². The quantitative estimate of drug-likeness (QED) is 0.675. The average Bonchev–Trinajstić information content (AvgIpc) is 2.48. The molecule has 118 valence electrons. The Morgan fingerprint density at radius 1 is 1.45 bits per heavy atom. The van der Waals surface area contributed by atoms with E-state index >= 15 is 0 Å². The number of nitrogens with zero attached hydrogens (tertiary/aromatic N) is 2. The van der Waals surface area contributed by atoms with Crippen molar-refractivity contribution >= 4 is 17.5 Å². The number of nitro groups is 1. The van der Waals surface area contributed by atoms with Crippen molar-refractivity contribution in [2.45, 2.75) is 26.3 Å². The van der Waals surface area contributed by atoms with Crippen LogP contribution in [0.15, 0.2) is 24.3 Å². The third kappa shape index (κ3) is 3.24. The Kier molecular flexibility index (Phi) is 4.75. The fourth-order valence-electron chi connectivity index (χ4n) is 2.61. The highest BCUT2D eigenvalue weighted by Gasteiger charge is 2.35. The number of amides is 2. The van der Waals surface area contributed by atoms with Crippen LogP contribution in [-0.2, 0) is 4.79 Å². The van der Waals surface area contributed by atoms with Gasteiger partial charge in [-0.05, 0) is 18.4 Å². The minimum Gasteiger partial charge on any atom is -0.353 e. The van der Waals surface area contributed by atoms with E-state index in [1.54, 1.807) is 6.07 Å². The maximum atomic E-state index is 12.7.